The number of rotatable bonds is 4. The summed E-state index contributed by atoms with van der Waals surface area (Å²) in [7, 11) is 0. The van der Waals surface area contributed by atoms with Crippen molar-refractivity contribution in [2.45, 2.75) is 13.1 Å². The van der Waals surface area contributed by atoms with Crippen LogP contribution in [0.2, 0.25) is 0 Å². The van der Waals surface area contributed by atoms with Gasteiger partial charge in [0, 0.05) is 27.6 Å². The maximum absolute atomic E-state index is 12.8. The van der Waals surface area contributed by atoms with Gasteiger partial charge in [0.15, 0.2) is 5.76 Å². The minimum absolute atomic E-state index is 0.0497. The van der Waals surface area contributed by atoms with Gasteiger partial charge in [0.25, 0.3) is 11.8 Å². The summed E-state index contributed by atoms with van der Waals surface area (Å²) in [6.45, 7) is 0.383. The number of hydrogen-bond acceptors (Lipinski definition) is 3. The van der Waals surface area contributed by atoms with Crippen molar-refractivity contribution in [3.8, 4) is 0 Å². The zero-order chi connectivity index (χ0) is 22.2. The smallest absolute Gasteiger partial charge is 0.405 e. The molecule has 5 nitrogen and oxygen atoms in total. The molecule has 2 amide bonds. The second-order valence-electron chi connectivity index (χ2n) is 7.05. The zero-order valence-electron chi connectivity index (χ0n) is 16.3. The Bertz CT molecular complexity index is 1290. The Morgan fingerprint density at radius 1 is 0.903 bits per heavy atom. The number of carbonyl (C=O) groups excluding carboxylic acids is 2. The molecule has 1 aromatic heterocycles. The molecule has 4 rings (SSSR count). The molecule has 0 aliphatic rings. The lowest BCUT2D eigenvalue weighted by atomic mass is 10.1. The average Bonchev–Trinajstić information content (AvgIpc) is 3.09. The molecule has 0 bridgehead atoms. The maximum atomic E-state index is 12.8. The summed E-state index contributed by atoms with van der Waals surface area (Å²) in [5, 5.41) is 7.21. The lowest BCUT2D eigenvalue weighted by Gasteiger charge is -2.09. The molecule has 1 heterocycles. The van der Waals surface area contributed by atoms with E-state index in [4.69, 9.17) is 4.42 Å². The molecule has 0 saturated heterocycles. The highest BCUT2D eigenvalue weighted by Gasteiger charge is 2.28. The summed E-state index contributed by atoms with van der Waals surface area (Å²) in [6.07, 6.45) is -4.49. The summed E-state index contributed by atoms with van der Waals surface area (Å²) in [6, 6.07) is 17.1. The molecule has 0 unspecified atom stereocenters. The Labute approximate surface area is 174 Å². The van der Waals surface area contributed by atoms with Crippen molar-refractivity contribution < 1.29 is 27.2 Å². The van der Waals surface area contributed by atoms with Gasteiger partial charge in [-0.3, -0.25) is 9.59 Å². The number of hydrogen-bond donors (Lipinski definition) is 2. The van der Waals surface area contributed by atoms with E-state index < -0.39 is 24.5 Å². The van der Waals surface area contributed by atoms with Crippen LogP contribution in [0, 0.1) is 6.92 Å². The number of amides is 2. The summed E-state index contributed by atoms with van der Waals surface area (Å²) < 4.78 is 42.6. The summed E-state index contributed by atoms with van der Waals surface area (Å²) >= 11 is 0. The van der Waals surface area contributed by atoms with Gasteiger partial charge in [-0.05, 0) is 36.6 Å². The van der Waals surface area contributed by atoms with E-state index in [0.717, 1.165) is 16.2 Å². The van der Waals surface area contributed by atoms with E-state index >= 15 is 0 Å². The molecule has 0 fully saturated rings. The van der Waals surface area contributed by atoms with E-state index in [2.05, 4.69) is 5.32 Å². The van der Waals surface area contributed by atoms with Gasteiger partial charge in [-0.1, -0.05) is 36.4 Å². The van der Waals surface area contributed by atoms with Crippen molar-refractivity contribution in [2.24, 2.45) is 0 Å². The van der Waals surface area contributed by atoms with Crippen molar-refractivity contribution in [3.63, 3.8) is 0 Å². The SMILES string of the molecule is Cc1c(C(=O)Nc2ccc(C(=O)NCC(F)(F)F)cc2)oc2c1ccc1ccccc12. The van der Waals surface area contributed by atoms with Crippen LogP contribution in [0.25, 0.3) is 21.7 Å². The lowest BCUT2D eigenvalue weighted by Crippen LogP contribution is -2.33. The highest BCUT2D eigenvalue weighted by molar-refractivity contribution is 6.11. The fourth-order valence-corrected chi connectivity index (χ4v) is 3.34. The van der Waals surface area contributed by atoms with E-state index in [0.29, 0.717) is 16.8 Å². The van der Waals surface area contributed by atoms with Crippen LogP contribution in [0.3, 0.4) is 0 Å². The Morgan fingerprint density at radius 3 is 2.32 bits per heavy atom. The third-order valence-corrected chi connectivity index (χ3v) is 4.89. The van der Waals surface area contributed by atoms with Crippen LogP contribution < -0.4 is 10.6 Å². The second-order valence-corrected chi connectivity index (χ2v) is 7.05. The lowest BCUT2D eigenvalue weighted by molar-refractivity contribution is -0.123. The van der Waals surface area contributed by atoms with E-state index in [-0.39, 0.29) is 11.3 Å². The van der Waals surface area contributed by atoms with Crippen molar-refractivity contribution in [1.82, 2.24) is 5.32 Å². The summed E-state index contributed by atoms with van der Waals surface area (Å²) in [5.74, 6) is -1.15. The highest BCUT2D eigenvalue weighted by Crippen LogP contribution is 2.32. The van der Waals surface area contributed by atoms with Gasteiger partial charge in [-0.2, -0.15) is 13.2 Å². The van der Waals surface area contributed by atoms with Crippen LogP contribution in [0.15, 0.2) is 65.1 Å². The van der Waals surface area contributed by atoms with Gasteiger partial charge in [0.2, 0.25) is 0 Å². The number of nitrogens with one attached hydrogen (secondary N) is 2. The number of anilines is 1. The van der Waals surface area contributed by atoms with Crippen LogP contribution in [0.1, 0.15) is 26.5 Å². The molecule has 0 aliphatic carbocycles. The number of alkyl halides is 3. The minimum Gasteiger partial charge on any atom is -0.450 e. The first kappa shape index (κ1) is 20.5. The van der Waals surface area contributed by atoms with Crippen molar-refractivity contribution in [2.75, 3.05) is 11.9 Å². The summed E-state index contributed by atoms with van der Waals surface area (Å²) in [5.41, 5.74) is 1.74. The van der Waals surface area contributed by atoms with Gasteiger partial charge in [0.1, 0.15) is 12.1 Å². The zero-order valence-corrected chi connectivity index (χ0v) is 16.3. The molecule has 3 aromatic carbocycles. The molecule has 0 spiro atoms. The largest absolute Gasteiger partial charge is 0.450 e. The Balaban J connectivity index is 1.53. The first-order chi connectivity index (χ1) is 14.7. The Kier molecular flexibility index (Phi) is 5.14. The van der Waals surface area contributed by atoms with Crippen LogP contribution in [-0.2, 0) is 0 Å². The highest BCUT2D eigenvalue weighted by atomic mass is 19.4. The normalized spacial score (nSPS) is 11.6. The summed E-state index contributed by atoms with van der Waals surface area (Å²) in [4.78, 5) is 24.5. The fourth-order valence-electron chi connectivity index (χ4n) is 3.34. The van der Waals surface area contributed by atoms with Crippen LogP contribution in [0.4, 0.5) is 18.9 Å². The van der Waals surface area contributed by atoms with Crippen molar-refractivity contribution >= 4 is 39.2 Å². The van der Waals surface area contributed by atoms with Crippen LogP contribution in [-0.4, -0.2) is 24.5 Å². The van der Waals surface area contributed by atoms with Crippen molar-refractivity contribution in [3.05, 3.63) is 77.6 Å². The first-order valence-corrected chi connectivity index (χ1v) is 9.40. The molecular weight excluding hydrogens is 409 g/mol. The van der Waals surface area contributed by atoms with Gasteiger partial charge < -0.3 is 15.1 Å². The standard InChI is InChI=1S/C23H17F3N2O3/c1-13-17-11-8-14-4-2-3-5-18(14)20(17)31-19(13)22(30)28-16-9-6-15(7-10-16)21(29)27-12-23(24,25)26/h2-11H,12H2,1H3,(H,27,29)(H,28,30). The second kappa shape index (κ2) is 7.79. The van der Waals surface area contributed by atoms with E-state index in [1.807, 2.05) is 36.4 Å². The monoisotopic (exact) mass is 426 g/mol. The Hall–Kier alpha value is -3.81. The third-order valence-electron chi connectivity index (χ3n) is 4.89. The minimum atomic E-state index is -4.49. The number of carbonyl (C=O) groups is 2. The molecule has 0 saturated carbocycles. The van der Waals surface area contributed by atoms with Gasteiger partial charge in [-0.15, -0.1) is 0 Å². The molecule has 8 heteroatoms. The van der Waals surface area contributed by atoms with Gasteiger partial charge >= 0.3 is 6.18 Å². The molecule has 158 valence electrons. The van der Waals surface area contributed by atoms with Crippen molar-refractivity contribution in [1.29, 1.82) is 0 Å². The molecule has 0 radical (unpaired) electrons. The average molecular weight is 426 g/mol. The molecule has 0 atom stereocenters. The quantitative estimate of drug-likeness (QED) is 0.457. The maximum Gasteiger partial charge on any atom is 0.405 e. The number of benzene rings is 3. The number of fused-ring (bicyclic) bond motifs is 3. The Morgan fingerprint density at radius 2 is 1.61 bits per heavy atom. The molecule has 31 heavy (non-hydrogen) atoms. The number of furan rings is 1. The van der Waals surface area contributed by atoms with E-state index in [1.165, 1.54) is 24.3 Å². The van der Waals surface area contributed by atoms with E-state index in [1.54, 1.807) is 12.2 Å². The van der Waals surface area contributed by atoms with E-state index in [9.17, 15) is 22.8 Å². The molecular formula is C23H17F3N2O3. The number of halogens is 3. The van der Waals surface area contributed by atoms with Gasteiger partial charge in [0.05, 0.1) is 0 Å². The van der Waals surface area contributed by atoms with Gasteiger partial charge in [-0.25, -0.2) is 0 Å². The first-order valence-electron chi connectivity index (χ1n) is 9.40. The number of aryl methyl sites for hydroxylation is 1. The fraction of sp³-hybridized carbons (Fsp3) is 0.130. The molecule has 0 aliphatic heterocycles. The molecule has 2 N–H and O–H groups in total. The predicted molar refractivity (Wildman–Crippen MR) is 111 cm³/mol. The predicted octanol–water partition coefficient (Wildman–Crippen LogP) is 5.44. The van der Waals surface area contributed by atoms with Crippen LogP contribution >= 0.6 is 0 Å². The topological polar surface area (TPSA) is 71.3 Å². The molecule has 4 aromatic rings. The third kappa shape index (κ3) is 4.23. The van der Waals surface area contributed by atoms with Crippen LogP contribution in [0.5, 0.6) is 0 Å².